The van der Waals surface area contributed by atoms with Crippen molar-refractivity contribution >= 4 is 0 Å². The molecule has 1 aliphatic carbocycles. The van der Waals surface area contributed by atoms with Gasteiger partial charge >= 0.3 is 0 Å². The van der Waals surface area contributed by atoms with E-state index in [0.29, 0.717) is 5.92 Å². The van der Waals surface area contributed by atoms with Gasteiger partial charge in [0.25, 0.3) is 0 Å². The van der Waals surface area contributed by atoms with Gasteiger partial charge in [-0.05, 0) is 50.9 Å². The van der Waals surface area contributed by atoms with Crippen molar-refractivity contribution in [3.63, 3.8) is 0 Å². The second-order valence-corrected chi connectivity index (χ2v) is 7.96. The molecule has 1 saturated heterocycles. The van der Waals surface area contributed by atoms with Crippen LogP contribution in [0.1, 0.15) is 74.1 Å². The van der Waals surface area contributed by atoms with Crippen molar-refractivity contribution in [1.82, 2.24) is 0 Å². The Morgan fingerprint density at radius 3 is 2.32 bits per heavy atom. The summed E-state index contributed by atoms with van der Waals surface area (Å²) in [6, 6.07) is 0. The third kappa shape index (κ3) is 2.47. The van der Waals surface area contributed by atoms with Gasteiger partial charge in [0.1, 0.15) is 5.60 Å². The SMILES string of the molecule is CCC(C)CCC1CC2OC(C)(C)OC2(C)C1(C)C. The van der Waals surface area contributed by atoms with E-state index in [2.05, 4.69) is 34.6 Å². The monoisotopic (exact) mass is 268 g/mol. The maximum atomic E-state index is 6.32. The summed E-state index contributed by atoms with van der Waals surface area (Å²) in [4.78, 5) is 0. The van der Waals surface area contributed by atoms with Gasteiger partial charge in [0.2, 0.25) is 0 Å². The van der Waals surface area contributed by atoms with Gasteiger partial charge in [-0.25, -0.2) is 0 Å². The number of rotatable bonds is 4. The molecule has 0 N–H and O–H groups in total. The standard InChI is InChI=1S/C17H32O2/c1-8-12(2)9-10-13-11-14-17(7,15(13,3)4)19-16(5,6)18-14/h12-14H,8-11H2,1-7H3. The first-order chi connectivity index (χ1) is 8.62. The molecule has 2 fully saturated rings. The zero-order valence-corrected chi connectivity index (χ0v) is 13.9. The van der Waals surface area contributed by atoms with E-state index in [9.17, 15) is 0 Å². The molecule has 0 aromatic carbocycles. The first kappa shape index (κ1) is 15.3. The molecule has 0 radical (unpaired) electrons. The van der Waals surface area contributed by atoms with Crippen molar-refractivity contribution in [3.8, 4) is 0 Å². The van der Waals surface area contributed by atoms with Crippen molar-refractivity contribution < 1.29 is 9.47 Å². The molecule has 112 valence electrons. The largest absolute Gasteiger partial charge is 0.344 e. The molecule has 0 aromatic heterocycles. The van der Waals surface area contributed by atoms with Crippen LogP contribution in [-0.2, 0) is 9.47 Å². The minimum atomic E-state index is -0.418. The van der Waals surface area contributed by atoms with Crippen molar-refractivity contribution in [2.45, 2.75) is 91.6 Å². The maximum Gasteiger partial charge on any atom is 0.164 e. The highest BCUT2D eigenvalue weighted by Crippen LogP contribution is 2.59. The lowest BCUT2D eigenvalue weighted by Crippen LogP contribution is -2.46. The first-order valence-corrected chi connectivity index (χ1v) is 8.00. The molecular formula is C17H32O2. The van der Waals surface area contributed by atoms with Gasteiger partial charge in [0.05, 0.1) is 6.10 Å². The van der Waals surface area contributed by atoms with E-state index in [1.807, 2.05) is 13.8 Å². The van der Waals surface area contributed by atoms with E-state index in [1.54, 1.807) is 0 Å². The predicted molar refractivity (Wildman–Crippen MR) is 79.0 cm³/mol. The van der Waals surface area contributed by atoms with Gasteiger partial charge in [-0.2, -0.15) is 0 Å². The Hall–Kier alpha value is -0.0800. The predicted octanol–water partition coefficient (Wildman–Crippen LogP) is 4.77. The maximum absolute atomic E-state index is 6.32. The van der Waals surface area contributed by atoms with Gasteiger partial charge in [0.15, 0.2) is 5.79 Å². The van der Waals surface area contributed by atoms with Crippen molar-refractivity contribution in [3.05, 3.63) is 0 Å². The number of hydrogen-bond acceptors (Lipinski definition) is 2. The highest BCUT2D eigenvalue weighted by atomic mass is 16.8. The van der Waals surface area contributed by atoms with E-state index < -0.39 is 5.79 Å². The Bertz CT molecular complexity index is 334. The second-order valence-electron chi connectivity index (χ2n) is 7.96. The van der Waals surface area contributed by atoms with E-state index in [-0.39, 0.29) is 17.1 Å². The summed E-state index contributed by atoms with van der Waals surface area (Å²) in [5, 5.41) is 0. The zero-order valence-electron chi connectivity index (χ0n) is 13.9. The smallest absolute Gasteiger partial charge is 0.164 e. The molecular weight excluding hydrogens is 236 g/mol. The highest BCUT2D eigenvalue weighted by Gasteiger charge is 2.65. The second kappa shape index (κ2) is 4.73. The van der Waals surface area contributed by atoms with Crippen LogP contribution in [0.15, 0.2) is 0 Å². The molecule has 2 nitrogen and oxygen atoms in total. The Morgan fingerprint density at radius 2 is 1.79 bits per heavy atom. The van der Waals surface area contributed by atoms with Gasteiger partial charge < -0.3 is 9.47 Å². The fourth-order valence-electron chi connectivity index (χ4n) is 4.00. The summed E-state index contributed by atoms with van der Waals surface area (Å²) in [6.07, 6.45) is 5.34. The topological polar surface area (TPSA) is 18.5 Å². The van der Waals surface area contributed by atoms with Crippen LogP contribution in [0.3, 0.4) is 0 Å². The van der Waals surface area contributed by atoms with Crippen molar-refractivity contribution in [1.29, 1.82) is 0 Å². The lowest BCUT2D eigenvalue weighted by molar-refractivity contribution is -0.192. The summed E-state index contributed by atoms with van der Waals surface area (Å²) < 4.78 is 12.5. The molecule has 19 heavy (non-hydrogen) atoms. The lowest BCUT2D eigenvalue weighted by Gasteiger charge is -2.41. The molecule has 4 atom stereocenters. The minimum Gasteiger partial charge on any atom is -0.344 e. The Balaban J connectivity index is 2.08. The molecule has 1 heterocycles. The van der Waals surface area contributed by atoms with Crippen LogP contribution >= 0.6 is 0 Å². The van der Waals surface area contributed by atoms with E-state index >= 15 is 0 Å². The molecule has 2 aliphatic rings. The summed E-state index contributed by atoms with van der Waals surface area (Å²) >= 11 is 0. The molecule has 0 spiro atoms. The van der Waals surface area contributed by atoms with E-state index in [0.717, 1.165) is 12.3 Å². The highest BCUT2D eigenvalue weighted by molar-refractivity contribution is 5.11. The molecule has 0 bridgehead atoms. The van der Waals surface area contributed by atoms with Crippen LogP contribution in [0.25, 0.3) is 0 Å². The zero-order chi connectivity index (χ0) is 14.5. The third-order valence-corrected chi connectivity index (χ3v) is 6.00. The fraction of sp³-hybridized carbons (Fsp3) is 1.00. The van der Waals surface area contributed by atoms with E-state index in [4.69, 9.17) is 9.47 Å². The summed E-state index contributed by atoms with van der Waals surface area (Å²) in [5.74, 6) is 1.13. The van der Waals surface area contributed by atoms with Gasteiger partial charge in [-0.1, -0.05) is 40.5 Å². The van der Waals surface area contributed by atoms with Crippen molar-refractivity contribution in [2.75, 3.05) is 0 Å². The van der Waals surface area contributed by atoms with Crippen LogP contribution in [0.5, 0.6) is 0 Å². The molecule has 4 unspecified atom stereocenters. The Labute approximate surface area is 119 Å². The van der Waals surface area contributed by atoms with Crippen LogP contribution in [-0.4, -0.2) is 17.5 Å². The number of fused-ring (bicyclic) bond motifs is 1. The molecule has 0 amide bonds. The van der Waals surface area contributed by atoms with Gasteiger partial charge in [-0.3, -0.25) is 0 Å². The summed E-state index contributed by atoms with van der Waals surface area (Å²) in [6.45, 7) is 15.7. The fourth-order valence-corrected chi connectivity index (χ4v) is 4.00. The number of hydrogen-bond donors (Lipinski definition) is 0. The minimum absolute atomic E-state index is 0.128. The lowest BCUT2D eigenvalue weighted by atomic mass is 9.71. The van der Waals surface area contributed by atoms with Crippen LogP contribution in [0.2, 0.25) is 0 Å². The molecule has 2 rings (SSSR count). The third-order valence-electron chi connectivity index (χ3n) is 6.00. The quantitative estimate of drug-likeness (QED) is 0.731. The molecule has 1 saturated carbocycles. The van der Waals surface area contributed by atoms with Crippen LogP contribution < -0.4 is 0 Å². The summed E-state index contributed by atoms with van der Waals surface area (Å²) in [5.41, 5.74) is 0.0650. The Morgan fingerprint density at radius 1 is 1.16 bits per heavy atom. The number of ether oxygens (including phenoxy) is 2. The van der Waals surface area contributed by atoms with Crippen LogP contribution in [0.4, 0.5) is 0 Å². The average molecular weight is 268 g/mol. The summed E-state index contributed by atoms with van der Waals surface area (Å²) in [7, 11) is 0. The van der Waals surface area contributed by atoms with Crippen LogP contribution in [0, 0.1) is 17.3 Å². The first-order valence-electron chi connectivity index (χ1n) is 8.00. The Kier molecular flexibility index (Phi) is 3.81. The normalized spacial score (nSPS) is 41.2. The molecule has 1 aliphatic heterocycles. The molecule has 0 aromatic rings. The van der Waals surface area contributed by atoms with Crippen molar-refractivity contribution in [2.24, 2.45) is 17.3 Å². The molecule has 2 heteroatoms. The van der Waals surface area contributed by atoms with Gasteiger partial charge in [-0.15, -0.1) is 0 Å². The van der Waals surface area contributed by atoms with Gasteiger partial charge in [0, 0.05) is 0 Å². The average Bonchev–Trinajstić information content (AvgIpc) is 2.62. The van der Waals surface area contributed by atoms with E-state index in [1.165, 1.54) is 19.3 Å².